The van der Waals surface area contributed by atoms with Crippen LogP contribution in [0.1, 0.15) is 62.3 Å². The van der Waals surface area contributed by atoms with Gasteiger partial charge in [0.2, 0.25) is 0 Å². The highest BCUT2D eigenvalue weighted by Crippen LogP contribution is 2.28. The van der Waals surface area contributed by atoms with Crippen molar-refractivity contribution in [1.29, 1.82) is 0 Å². The largest absolute Gasteiger partial charge is 0.368 e. The van der Waals surface area contributed by atoms with Crippen LogP contribution in [0.2, 0.25) is 0 Å². The third-order valence-electron chi connectivity index (χ3n) is 2.23. The molecule has 0 saturated carbocycles. The smallest absolute Gasteiger partial charge is 0.111 e. The minimum Gasteiger partial charge on any atom is -0.368 e. The lowest BCUT2D eigenvalue weighted by Gasteiger charge is -2.33. The van der Waals surface area contributed by atoms with E-state index in [2.05, 4.69) is 83.6 Å². The summed E-state index contributed by atoms with van der Waals surface area (Å²) in [5.74, 6) is 1.06. The molecule has 0 heterocycles. The average Bonchev–Trinajstić information content (AvgIpc) is 2.06. The molecular weight excluding hydrogens is 288 g/mol. The Morgan fingerprint density at radius 3 is 1.72 bits per heavy atom. The third-order valence-corrected chi connectivity index (χ3v) is 4.03. The molecule has 0 aliphatic carbocycles. The van der Waals surface area contributed by atoms with Crippen LogP contribution < -0.4 is 5.32 Å². The Morgan fingerprint density at radius 2 is 1.44 bits per heavy atom. The molecule has 0 aliphatic heterocycles. The molecule has 0 aromatic carbocycles. The molecule has 0 aromatic rings. The molecule has 2 nitrogen and oxygen atoms in total. The highest BCUT2D eigenvalue weighted by atomic mass is 79.9. The van der Waals surface area contributed by atoms with E-state index in [1.807, 2.05) is 0 Å². The molecule has 0 aliphatic rings. The van der Waals surface area contributed by atoms with Crippen molar-refractivity contribution in [2.75, 3.05) is 6.54 Å². The predicted molar refractivity (Wildman–Crippen MR) is 86.8 cm³/mol. The number of rotatable bonds is 2. The van der Waals surface area contributed by atoms with Crippen molar-refractivity contribution in [3.8, 4) is 0 Å². The van der Waals surface area contributed by atoms with Gasteiger partial charge in [0.15, 0.2) is 0 Å². The van der Waals surface area contributed by atoms with Gasteiger partial charge in [0, 0.05) is 12.1 Å². The molecule has 1 atom stereocenters. The number of halogens is 1. The summed E-state index contributed by atoms with van der Waals surface area (Å²) < 4.78 is 0. The standard InChI is InChI=1S/C15H31BrN2/c1-13(2,3)10-17-12(18-15(7,8)9)11(16)14(4,5)6/h11H,10H2,1-9H3,(H,17,18). The number of nitrogens with zero attached hydrogens (tertiary/aromatic N) is 1. The van der Waals surface area contributed by atoms with Gasteiger partial charge in [-0.1, -0.05) is 57.5 Å². The van der Waals surface area contributed by atoms with Gasteiger partial charge in [-0.05, 0) is 31.6 Å². The molecule has 3 heteroatoms. The Bertz CT molecular complexity index is 287. The van der Waals surface area contributed by atoms with Gasteiger partial charge in [0.25, 0.3) is 0 Å². The molecule has 108 valence electrons. The summed E-state index contributed by atoms with van der Waals surface area (Å²) >= 11 is 3.79. The summed E-state index contributed by atoms with van der Waals surface area (Å²) in [5, 5.41) is 3.54. The Hall–Kier alpha value is -0.0500. The van der Waals surface area contributed by atoms with Gasteiger partial charge in [0.1, 0.15) is 5.84 Å². The van der Waals surface area contributed by atoms with E-state index >= 15 is 0 Å². The molecule has 0 fully saturated rings. The number of alkyl halides is 1. The first-order valence-corrected chi connectivity index (χ1v) is 7.60. The molecular formula is C15H31BrN2. The molecule has 18 heavy (non-hydrogen) atoms. The molecule has 0 spiro atoms. The van der Waals surface area contributed by atoms with Crippen LogP contribution in [0.25, 0.3) is 0 Å². The molecule has 0 saturated heterocycles. The van der Waals surface area contributed by atoms with Gasteiger partial charge in [-0.15, -0.1) is 0 Å². The Labute approximate surface area is 122 Å². The topological polar surface area (TPSA) is 24.4 Å². The van der Waals surface area contributed by atoms with Gasteiger partial charge >= 0.3 is 0 Å². The molecule has 1 unspecified atom stereocenters. The maximum atomic E-state index is 4.81. The number of aliphatic imine (C=N–C) groups is 1. The van der Waals surface area contributed by atoms with E-state index in [1.165, 1.54) is 0 Å². The third kappa shape index (κ3) is 8.12. The first-order valence-electron chi connectivity index (χ1n) is 6.69. The van der Waals surface area contributed by atoms with E-state index in [-0.39, 0.29) is 21.2 Å². The van der Waals surface area contributed by atoms with Crippen molar-refractivity contribution in [2.45, 2.75) is 72.7 Å². The van der Waals surface area contributed by atoms with E-state index in [0.29, 0.717) is 0 Å². The van der Waals surface area contributed by atoms with E-state index in [9.17, 15) is 0 Å². The fourth-order valence-corrected chi connectivity index (χ4v) is 1.56. The Morgan fingerprint density at radius 1 is 1.00 bits per heavy atom. The fraction of sp³-hybridized carbons (Fsp3) is 0.933. The predicted octanol–water partition coefficient (Wildman–Crippen LogP) is 4.63. The number of hydrogen-bond donors (Lipinski definition) is 1. The van der Waals surface area contributed by atoms with Crippen molar-refractivity contribution in [2.24, 2.45) is 15.8 Å². The minimum absolute atomic E-state index is 0.0357. The van der Waals surface area contributed by atoms with Crippen LogP contribution in [-0.2, 0) is 0 Å². The Balaban J connectivity index is 5.07. The highest BCUT2D eigenvalue weighted by molar-refractivity contribution is 9.10. The van der Waals surface area contributed by atoms with Crippen molar-refractivity contribution in [3.63, 3.8) is 0 Å². The summed E-state index contributed by atoms with van der Waals surface area (Å²) in [4.78, 5) is 5.05. The lowest BCUT2D eigenvalue weighted by atomic mass is 9.90. The second-order valence-corrected chi connectivity index (χ2v) is 9.28. The first-order chi connectivity index (χ1) is 7.72. The van der Waals surface area contributed by atoms with Crippen LogP contribution in [-0.4, -0.2) is 22.7 Å². The monoisotopic (exact) mass is 318 g/mol. The van der Waals surface area contributed by atoms with Crippen LogP contribution in [0.3, 0.4) is 0 Å². The molecule has 0 aromatic heterocycles. The van der Waals surface area contributed by atoms with Crippen molar-refractivity contribution < 1.29 is 0 Å². The summed E-state index contributed by atoms with van der Waals surface area (Å²) in [5.41, 5.74) is 0.401. The number of hydrogen-bond acceptors (Lipinski definition) is 1. The zero-order chi connectivity index (χ0) is 14.8. The molecule has 0 radical (unpaired) electrons. The fourth-order valence-electron chi connectivity index (χ4n) is 1.30. The minimum atomic E-state index is 0.0357. The average molecular weight is 319 g/mol. The zero-order valence-corrected chi connectivity index (χ0v) is 15.2. The second-order valence-electron chi connectivity index (χ2n) is 8.37. The van der Waals surface area contributed by atoms with Crippen molar-refractivity contribution >= 4 is 21.8 Å². The summed E-state index contributed by atoms with van der Waals surface area (Å²) in [6.45, 7) is 20.7. The Kier molecular flexibility index (Phi) is 5.92. The van der Waals surface area contributed by atoms with Gasteiger partial charge < -0.3 is 5.32 Å². The maximum Gasteiger partial charge on any atom is 0.111 e. The van der Waals surface area contributed by atoms with E-state index < -0.39 is 0 Å². The lowest BCUT2D eigenvalue weighted by Crippen LogP contribution is -2.48. The number of nitrogens with one attached hydrogen (secondary N) is 1. The van der Waals surface area contributed by atoms with E-state index in [0.717, 1.165) is 12.4 Å². The molecule has 1 N–H and O–H groups in total. The number of amidine groups is 1. The normalized spacial score (nSPS) is 16.7. The van der Waals surface area contributed by atoms with Crippen LogP contribution in [0.15, 0.2) is 4.99 Å². The van der Waals surface area contributed by atoms with Gasteiger partial charge in [-0.25, -0.2) is 0 Å². The molecule has 0 rings (SSSR count). The van der Waals surface area contributed by atoms with Crippen LogP contribution >= 0.6 is 15.9 Å². The summed E-state index contributed by atoms with van der Waals surface area (Å²) in [6, 6.07) is 0. The van der Waals surface area contributed by atoms with Crippen LogP contribution in [0.5, 0.6) is 0 Å². The van der Waals surface area contributed by atoms with E-state index in [4.69, 9.17) is 4.99 Å². The second kappa shape index (κ2) is 5.94. The van der Waals surface area contributed by atoms with Gasteiger partial charge in [-0.2, -0.15) is 0 Å². The molecule has 0 bridgehead atoms. The van der Waals surface area contributed by atoms with Crippen LogP contribution in [0, 0.1) is 10.8 Å². The lowest BCUT2D eigenvalue weighted by molar-refractivity contribution is 0.411. The van der Waals surface area contributed by atoms with Crippen molar-refractivity contribution in [3.05, 3.63) is 0 Å². The highest BCUT2D eigenvalue weighted by Gasteiger charge is 2.29. The molecule has 0 amide bonds. The SMILES string of the molecule is CC(C)(C)CN=C(NC(C)(C)C)C(Br)C(C)(C)C. The summed E-state index contributed by atoms with van der Waals surface area (Å²) in [7, 11) is 0. The summed E-state index contributed by atoms with van der Waals surface area (Å²) in [6.07, 6.45) is 0. The maximum absolute atomic E-state index is 4.81. The zero-order valence-electron chi connectivity index (χ0n) is 13.6. The first kappa shape index (κ1) is 17.9. The van der Waals surface area contributed by atoms with Crippen LogP contribution in [0.4, 0.5) is 0 Å². The van der Waals surface area contributed by atoms with E-state index in [1.54, 1.807) is 0 Å². The van der Waals surface area contributed by atoms with Gasteiger partial charge in [0.05, 0.1) is 4.83 Å². The quantitative estimate of drug-likeness (QED) is 0.448. The van der Waals surface area contributed by atoms with Crippen molar-refractivity contribution in [1.82, 2.24) is 5.32 Å². The van der Waals surface area contributed by atoms with Gasteiger partial charge in [-0.3, -0.25) is 4.99 Å².